The molecule has 5 nitrogen and oxygen atoms in total. The van der Waals surface area contributed by atoms with E-state index < -0.39 is 0 Å². The van der Waals surface area contributed by atoms with Crippen molar-refractivity contribution in [1.29, 1.82) is 0 Å². The first kappa shape index (κ1) is 13.8. The highest BCUT2D eigenvalue weighted by Crippen LogP contribution is 2.19. The van der Waals surface area contributed by atoms with Crippen LogP contribution in [0, 0.1) is 0 Å². The van der Waals surface area contributed by atoms with Gasteiger partial charge in [0.15, 0.2) is 0 Å². The monoisotopic (exact) mass is 262 g/mol. The van der Waals surface area contributed by atoms with Crippen molar-refractivity contribution in [3.63, 3.8) is 0 Å². The molecule has 0 bridgehead atoms. The highest BCUT2D eigenvalue weighted by Gasteiger charge is 2.26. The Labute approximate surface area is 114 Å². The first-order valence-corrected chi connectivity index (χ1v) is 6.83. The molecule has 2 heterocycles. The molecule has 0 saturated carbocycles. The third-order valence-electron chi connectivity index (χ3n) is 3.63. The predicted molar refractivity (Wildman–Crippen MR) is 75.8 cm³/mol. The maximum absolute atomic E-state index is 12.0. The van der Waals surface area contributed by atoms with E-state index in [0.29, 0.717) is 30.0 Å². The van der Waals surface area contributed by atoms with Gasteiger partial charge in [0.2, 0.25) is 0 Å². The lowest BCUT2D eigenvalue weighted by Crippen LogP contribution is -2.43. The van der Waals surface area contributed by atoms with Crippen LogP contribution in [0.2, 0.25) is 0 Å². The summed E-state index contributed by atoms with van der Waals surface area (Å²) in [6, 6.07) is 4.32. The van der Waals surface area contributed by atoms with Crippen molar-refractivity contribution in [3.8, 4) is 0 Å². The lowest BCUT2D eigenvalue weighted by atomic mass is 10.2. The lowest BCUT2D eigenvalue weighted by molar-refractivity contribution is 0.0935. The molecule has 0 aromatic carbocycles. The smallest absolute Gasteiger partial charge is 0.252 e. The van der Waals surface area contributed by atoms with Crippen LogP contribution in [-0.2, 0) is 0 Å². The van der Waals surface area contributed by atoms with Gasteiger partial charge in [-0.3, -0.25) is 9.69 Å². The minimum atomic E-state index is -0.0805. The molecule has 0 radical (unpaired) electrons. The number of aromatic nitrogens is 1. The van der Waals surface area contributed by atoms with Gasteiger partial charge in [-0.15, -0.1) is 0 Å². The van der Waals surface area contributed by atoms with E-state index in [4.69, 9.17) is 5.73 Å². The van der Waals surface area contributed by atoms with Gasteiger partial charge in [0.25, 0.3) is 5.91 Å². The lowest BCUT2D eigenvalue weighted by Gasteiger charge is -2.28. The van der Waals surface area contributed by atoms with Crippen LogP contribution in [0.3, 0.4) is 0 Å². The number of rotatable bonds is 4. The van der Waals surface area contributed by atoms with E-state index in [9.17, 15) is 4.79 Å². The first-order valence-electron chi connectivity index (χ1n) is 6.83. The van der Waals surface area contributed by atoms with Crippen LogP contribution in [0.1, 0.15) is 37.0 Å². The number of hydrogen-bond acceptors (Lipinski definition) is 4. The van der Waals surface area contributed by atoms with E-state index in [-0.39, 0.29) is 5.91 Å². The molecule has 1 aliphatic rings. The number of nitrogens with zero attached hydrogens (tertiary/aromatic N) is 2. The van der Waals surface area contributed by atoms with Gasteiger partial charge < -0.3 is 11.1 Å². The molecule has 0 aliphatic carbocycles. The Morgan fingerprint density at radius 1 is 1.58 bits per heavy atom. The van der Waals surface area contributed by atoms with Gasteiger partial charge in [0.05, 0.1) is 5.56 Å². The summed E-state index contributed by atoms with van der Waals surface area (Å²) < 4.78 is 0. The fourth-order valence-corrected chi connectivity index (χ4v) is 2.61. The van der Waals surface area contributed by atoms with E-state index in [2.05, 4.69) is 29.0 Å². The van der Waals surface area contributed by atoms with Crippen molar-refractivity contribution < 1.29 is 4.79 Å². The number of hydrogen-bond donors (Lipinski definition) is 2. The average molecular weight is 262 g/mol. The summed E-state index contributed by atoms with van der Waals surface area (Å²) in [4.78, 5) is 18.4. The third kappa shape index (κ3) is 3.44. The van der Waals surface area contributed by atoms with E-state index in [1.807, 2.05) is 0 Å². The zero-order chi connectivity index (χ0) is 13.8. The molecule has 3 N–H and O–H groups in total. The van der Waals surface area contributed by atoms with Crippen molar-refractivity contribution in [2.75, 3.05) is 18.8 Å². The second kappa shape index (κ2) is 6.02. The number of amides is 1. The highest BCUT2D eigenvalue weighted by atomic mass is 16.1. The molecule has 1 atom stereocenters. The van der Waals surface area contributed by atoms with Crippen LogP contribution in [0.25, 0.3) is 0 Å². The number of carbonyl (C=O) groups is 1. The largest absolute Gasteiger partial charge is 0.384 e. The Kier molecular flexibility index (Phi) is 4.37. The van der Waals surface area contributed by atoms with Gasteiger partial charge in [0, 0.05) is 24.8 Å². The molecule has 1 aromatic rings. The normalized spacial score (nSPS) is 19.8. The number of likely N-dealkylation sites (tertiary alicyclic amines) is 1. The zero-order valence-electron chi connectivity index (χ0n) is 11.6. The fourth-order valence-electron chi connectivity index (χ4n) is 2.61. The summed E-state index contributed by atoms with van der Waals surface area (Å²) in [5.41, 5.74) is 6.06. The van der Waals surface area contributed by atoms with Gasteiger partial charge in [-0.2, -0.15) is 0 Å². The minimum Gasteiger partial charge on any atom is -0.384 e. The van der Waals surface area contributed by atoms with Crippen molar-refractivity contribution in [3.05, 3.63) is 23.9 Å². The summed E-state index contributed by atoms with van der Waals surface area (Å²) >= 11 is 0. The van der Waals surface area contributed by atoms with Crippen LogP contribution in [-0.4, -0.2) is 41.0 Å². The highest BCUT2D eigenvalue weighted by molar-refractivity contribution is 5.94. The van der Waals surface area contributed by atoms with Crippen LogP contribution in [0.5, 0.6) is 0 Å². The number of anilines is 1. The summed E-state index contributed by atoms with van der Waals surface area (Å²) in [6.07, 6.45) is 3.88. The summed E-state index contributed by atoms with van der Waals surface area (Å²) in [6.45, 7) is 6.22. The zero-order valence-corrected chi connectivity index (χ0v) is 11.6. The van der Waals surface area contributed by atoms with E-state index >= 15 is 0 Å². The van der Waals surface area contributed by atoms with Gasteiger partial charge in [-0.1, -0.05) is 0 Å². The number of nitrogen functional groups attached to an aromatic ring is 1. The molecule has 19 heavy (non-hydrogen) atoms. The van der Waals surface area contributed by atoms with Crippen molar-refractivity contribution in [1.82, 2.24) is 15.2 Å². The topological polar surface area (TPSA) is 71.2 Å². The number of nitrogens with one attached hydrogen (secondary N) is 1. The molecular formula is C14H22N4O. The van der Waals surface area contributed by atoms with Crippen LogP contribution < -0.4 is 11.1 Å². The molecular weight excluding hydrogens is 240 g/mol. The van der Waals surface area contributed by atoms with Crippen molar-refractivity contribution in [2.24, 2.45) is 0 Å². The molecule has 1 aromatic heterocycles. The summed E-state index contributed by atoms with van der Waals surface area (Å²) in [5.74, 6) is 0.349. The Morgan fingerprint density at radius 3 is 3.00 bits per heavy atom. The maximum atomic E-state index is 12.0. The molecule has 1 unspecified atom stereocenters. The Hall–Kier alpha value is -1.62. The molecule has 5 heteroatoms. The van der Waals surface area contributed by atoms with E-state index in [1.54, 1.807) is 12.1 Å². The second-order valence-corrected chi connectivity index (χ2v) is 5.31. The standard InChI is InChI=1S/C14H22N4O/c1-10(2)18-7-3-4-12(18)9-17-14(19)11-5-6-13(15)16-8-11/h5-6,8,10,12H,3-4,7,9H2,1-2H3,(H2,15,16)(H,17,19). The van der Waals surface area contributed by atoms with Crippen LogP contribution >= 0.6 is 0 Å². The van der Waals surface area contributed by atoms with Crippen molar-refractivity contribution >= 4 is 11.7 Å². The van der Waals surface area contributed by atoms with Gasteiger partial charge >= 0.3 is 0 Å². The Morgan fingerprint density at radius 2 is 2.37 bits per heavy atom. The van der Waals surface area contributed by atoms with Gasteiger partial charge in [-0.05, 0) is 45.4 Å². The first-order chi connectivity index (χ1) is 9.08. The summed E-state index contributed by atoms with van der Waals surface area (Å²) in [7, 11) is 0. The molecule has 1 aliphatic heterocycles. The molecule has 1 saturated heterocycles. The quantitative estimate of drug-likeness (QED) is 0.857. The van der Waals surface area contributed by atoms with E-state index in [1.165, 1.54) is 12.6 Å². The van der Waals surface area contributed by atoms with Crippen molar-refractivity contribution in [2.45, 2.75) is 38.8 Å². The SMILES string of the molecule is CC(C)N1CCCC1CNC(=O)c1ccc(N)nc1. The number of pyridine rings is 1. The molecule has 1 fully saturated rings. The summed E-state index contributed by atoms with van der Waals surface area (Å²) in [5, 5.41) is 2.98. The number of carbonyl (C=O) groups excluding carboxylic acids is 1. The molecule has 0 spiro atoms. The Balaban J connectivity index is 1.88. The molecule has 104 valence electrons. The molecule has 1 amide bonds. The van der Waals surface area contributed by atoms with E-state index in [0.717, 1.165) is 13.0 Å². The molecule has 2 rings (SSSR count). The Bertz CT molecular complexity index is 430. The van der Waals surface area contributed by atoms with Crippen LogP contribution in [0.15, 0.2) is 18.3 Å². The minimum absolute atomic E-state index is 0.0805. The van der Waals surface area contributed by atoms with Crippen LogP contribution in [0.4, 0.5) is 5.82 Å². The predicted octanol–water partition coefficient (Wildman–Crippen LogP) is 1.27. The average Bonchev–Trinajstić information content (AvgIpc) is 2.85. The fraction of sp³-hybridized carbons (Fsp3) is 0.571. The maximum Gasteiger partial charge on any atom is 0.252 e. The number of nitrogens with two attached hydrogens (primary N) is 1. The van der Waals surface area contributed by atoms with Gasteiger partial charge in [0.1, 0.15) is 5.82 Å². The second-order valence-electron chi connectivity index (χ2n) is 5.31. The van der Waals surface area contributed by atoms with Gasteiger partial charge in [-0.25, -0.2) is 4.98 Å². The third-order valence-corrected chi connectivity index (χ3v) is 3.63.